The number of nitrogens with two attached hydrogens (primary N) is 2. The fourth-order valence-electron chi connectivity index (χ4n) is 2.47. The van der Waals surface area contributed by atoms with Gasteiger partial charge in [-0.2, -0.15) is 0 Å². The van der Waals surface area contributed by atoms with Crippen LogP contribution < -0.4 is 16.8 Å². The van der Waals surface area contributed by atoms with Crippen molar-refractivity contribution in [2.24, 2.45) is 17.4 Å². The predicted molar refractivity (Wildman–Crippen MR) is 58.0 cm³/mol. The van der Waals surface area contributed by atoms with Gasteiger partial charge in [0.05, 0.1) is 0 Å². The summed E-state index contributed by atoms with van der Waals surface area (Å²) < 4.78 is 0. The summed E-state index contributed by atoms with van der Waals surface area (Å²) in [7, 11) is 0. The van der Waals surface area contributed by atoms with Crippen LogP contribution in [-0.4, -0.2) is 5.66 Å². The van der Waals surface area contributed by atoms with E-state index in [0.29, 0.717) is 5.92 Å². The lowest BCUT2D eigenvalue weighted by atomic mass is 9.78. The second-order valence-corrected chi connectivity index (χ2v) is 4.33. The molecule has 1 aliphatic carbocycles. The topological polar surface area (TPSA) is 64.1 Å². The van der Waals surface area contributed by atoms with Crippen molar-refractivity contribution in [1.29, 1.82) is 0 Å². The molecule has 0 amide bonds. The first kappa shape index (κ1) is 9.59. The molecule has 0 radical (unpaired) electrons. The van der Waals surface area contributed by atoms with Crippen LogP contribution in [0.25, 0.3) is 0 Å². The molecule has 3 heteroatoms. The molecule has 1 atom stereocenters. The fraction of sp³-hybridized carbons (Fsp3) is 0.636. The van der Waals surface area contributed by atoms with E-state index >= 15 is 0 Å². The maximum Gasteiger partial charge on any atom is 0.129 e. The van der Waals surface area contributed by atoms with Gasteiger partial charge in [-0.25, -0.2) is 0 Å². The van der Waals surface area contributed by atoms with Crippen LogP contribution in [0, 0.1) is 5.92 Å². The molecule has 5 N–H and O–H groups in total. The number of nitrogens with one attached hydrogen (secondary N) is 1. The van der Waals surface area contributed by atoms with Crippen molar-refractivity contribution in [3.63, 3.8) is 0 Å². The zero-order chi connectivity index (χ0) is 10.0. The van der Waals surface area contributed by atoms with E-state index in [4.69, 9.17) is 11.5 Å². The second-order valence-electron chi connectivity index (χ2n) is 4.33. The van der Waals surface area contributed by atoms with Gasteiger partial charge in [0.25, 0.3) is 0 Å². The van der Waals surface area contributed by atoms with Crippen LogP contribution >= 0.6 is 0 Å². The SMILES string of the molecule is NC1=CC=CNC1(N)C1CCCCC1. The molecule has 0 aromatic heterocycles. The molecule has 2 rings (SSSR count). The van der Waals surface area contributed by atoms with Gasteiger partial charge >= 0.3 is 0 Å². The molecular formula is C11H19N3. The van der Waals surface area contributed by atoms with E-state index in [1.54, 1.807) is 0 Å². The standard InChI is InChI=1S/C11H19N3/c12-10-7-4-8-14-11(10,13)9-5-2-1-3-6-9/h4,7-9,14H,1-3,5-6,12-13H2. The third-order valence-electron chi connectivity index (χ3n) is 3.42. The van der Waals surface area contributed by atoms with Crippen LogP contribution in [0.15, 0.2) is 24.0 Å². The first-order chi connectivity index (χ1) is 6.73. The molecule has 1 unspecified atom stereocenters. The number of allylic oxidation sites excluding steroid dienone is 2. The lowest BCUT2D eigenvalue weighted by molar-refractivity contribution is 0.212. The Hall–Kier alpha value is -0.960. The van der Waals surface area contributed by atoms with Crippen LogP contribution in [0.4, 0.5) is 0 Å². The van der Waals surface area contributed by atoms with Crippen LogP contribution in [0.1, 0.15) is 32.1 Å². The molecule has 1 heterocycles. The Labute approximate surface area is 85.2 Å². The number of rotatable bonds is 1. The van der Waals surface area contributed by atoms with Gasteiger partial charge in [-0.3, -0.25) is 0 Å². The zero-order valence-corrected chi connectivity index (χ0v) is 8.50. The molecule has 0 aromatic rings. The second kappa shape index (κ2) is 3.65. The Morgan fingerprint density at radius 2 is 2.00 bits per heavy atom. The number of dihydropyridines is 1. The minimum Gasteiger partial charge on any atom is -0.399 e. The average molecular weight is 193 g/mol. The third kappa shape index (κ3) is 1.52. The molecule has 0 bridgehead atoms. The lowest BCUT2D eigenvalue weighted by Gasteiger charge is -2.41. The maximum absolute atomic E-state index is 6.32. The van der Waals surface area contributed by atoms with Gasteiger partial charge in [0.1, 0.15) is 5.66 Å². The van der Waals surface area contributed by atoms with E-state index in [9.17, 15) is 0 Å². The molecule has 3 nitrogen and oxygen atoms in total. The molecule has 0 saturated heterocycles. The minimum absolute atomic E-state index is 0.484. The molecule has 1 fully saturated rings. The van der Waals surface area contributed by atoms with Gasteiger partial charge < -0.3 is 16.8 Å². The maximum atomic E-state index is 6.32. The summed E-state index contributed by atoms with van der Waals surface area (Å²) in [6.07, 6.45) is 12.0. The van der Waals surface area contributed by atoms with Crippen molar-refractivity contribution in [1.82, 2.24) is 5.32 Å². The van der Waals surface area contributed by atoms with Gasteiger partial charge in [0.15, 0.2) is 0 Å². The largest absolute Gasteiger partial charge is 0.399 e. The highest BCUT2D eigenvalue weighted by molar-refractivity contribution is 5.27. The smallest absolute Gasteiger partial charge is 0.129 e. The van der Waals surface area contributed by atoms with E-state index in [0.717, 1.165) is 5.70 Å². The molecule has 78 valence electrons. The van der Waals surface area contributed by atoms with Crippen LogP contribution in [-0.2, 0) is 0 Å². The van der Waals surface area contributed by atoms with E-state index in [-0.39, 0.29) is 0 Å². The molecule has 2 aliphatic rings. The van der Waals surface area contributed by atoms with Crippen molar-refractivity contribution < 1.29 is 0 Å². The summed E-state index contributed by atoms with van der Waals surface area (Å²) in [5, 5.41) is 3.22. The van der Waals surface area contributed by atoms with Crippen molar-refractivity contribution in [3.05, 3.63) is 24.0 Å². The Morgan fingerprint density at radius 1 is 1.29 bits per heavy atom. The molecule has 0 aromatic carbocycles. The normalized spacial score (nSPS) is 33.6. The van der Waals surface area contributed by atoms with Crippen molar-refractivity contribution in [2.45, 2.75) is 37.8 Å². The summed E-state index contributed by atoms with van der Waals surface area (Å²) in [5.74, 6) is 0.484. The van der Waals surface area contributed by atoms with E-state index in [2.05, 4.69) is 5.32 Å². The van der Waals surface area contributed by atoms with Gasteiger partial charge in [0.2, 0.25) is 0 Å². The fourth-order valence-corrected chi connectivity index (χ4v) is 2.47. The van der Waals surface area contributed by atoms with Gasteiger partial charge in [0, 0.05) is 11.6 Å². The molecule has 0 spiro atoms. The summed E-state index contributed by atoms with van der Waals surface area (Å²) in [6, 6.07) is 0. The van der Waals surface area contributed by atoms with Gasteiger partial charge in [-0.15, -0.1) is 0 Å². The molecule has 14 heavy (non-hydrogen) atoms. The predicted octanol–water partition coefficient (Wildman–Crippen LogP) is 1.18. The minimum atomic E-state index is -0.491. The van der Waals surface area contributed by atoms with Crippen molar-refractivity contribution in [2.75, 3.05) is 0 Å². The van der Waals surface area contributed by atoms with Gasteiger partial charge in [-0.1, -0.05) is 19.3 Å². The molecule has 1 aliphatic heterocycles. The highest BCUT2D eigenvalue weighted by Crippen LogP contribution is 2.33. The Kier molecular flexibility index (Phi) is 2.50. The van der Waals surface area contributed by atoms with E-state index in [1.165, 1.54) is 32.1 Å². The van der Waals surface area contributed by atoms with Crippen LogP contribution in [0.2, 0.25) is 0 Å². The highest BCUT2D eigenvalue weighted by Gasteiger charge is 2.37. The van der Waals surface area contributed by atoms with E-state index < -0.39 is 5.66 Å². The average Bonchev–Trinajstić information content (AvgIpc) is 2.24. The Morgan fingerprint density at radius 3 is 2.64 bits per heavy atom. The number of hydrogen-bond donors (Lipinski definition) is 3. The van der Waals surface area contributed by atoms with Crippen molar-refractivity contribution >= 4 is 0 Å². The Balaban J connectivity index is 2.14. The first-order valence-electron chi connectivity index (χ1n) is 5.43. The van der Waals surface area contributed by atoms with Crippen LogP contribution in [0.5, 0.6) is 0 Å². The summed E-state index contributed by atoms with van der Waals surface area (Å²) in [4.78, 5) is 0. The zero-order valence-electron chi connectivity index (χ0n) is 8.50. The molecule has 1 saturated carbocycles. The van der Waals surface area contributed by atoms with Crippen LogP contribution in [0.3, 0.4) is 0 Å². The quantitative estimate of drug-likeness (QED) is 0.586. The Bertz CT molecular complexity index is 264. The van der Waals surface area contributed by atoms with E-state index in [1.807, 2.05) is 18.4 Å². The summed E-state index contributed by atoms with van der Waals surface area (Å²) in [5.41, 5.74) is 12.6. The third-order valence-corrected chi connectivity index (χ3v) is 3.42. The number of hydrogen-bond acceptors (Lipinski definition) is 3. The summed E-state index contributed by atoms with van der Waals surface area (Å²) >= 11 is 0. The summed E-state index contributed by atoms with van der Waals surface area (Å²) in [6.45, 7) is 0. The lowest BCUT2D eigenvalue weighted by Crippen LogP contribution is -2.61. The monoisotopic (exact) mass is 193 g/mol. The first-order valence-corrected chi connectivity index (χ1v) is 5.43. The van der Waals surface area contributed by atoms with Gasteiger partial charge in [-0.05, 0) is 31.2 Å². The van der Waals surface area contributed by atoms with Crippen molar-refractivity contribution in [3.8, 4) is 0 Å². The highest BCUT2D eigenvalue weighted by atomic mass is 15.1. The molecular weight excluding hydrogens is 174 g/mol.